The number of β-amino-alcohol motifs (C(OH)–C–C–N with tert-alkyl or cyclic N) is 1. The second kappa shape index (κ2) is 8.84. The van der Waals surface area contributed by atoms with E-state index in [2.05, 4.69) is 10.2 Å². The van der Waals surface area contributed by atoms with Gasteiger partial charge in [0.2, 0.25) is 5.91 Å². The summed E-state index contributed by atoms with van der Waals surface area (Å²) in [5.74, 6) is 0.444. The molecule has 1 heterocycles. The standard InChI is InChI=1S/C17H25FN2O3/c1-2-19-17(22)13-7-9-20(10-8-13)11-15(21)12-23-16-5-3-14(18)4-6-16/h3-6,13,15,21H,2,7-12H2,1H3,(H,19,22). The molecule has 5 nitrogen and oxygen atoms in total. The molecule has 1 aromatic rings. The molecule has 1 aromatic carbocycles. The minimum Gasteiger partial charge on any atom is -0.491 e. The number of carbonyl (C=O) groups is 1. The van der Waals surface area contributed by atoms with Crippen LogP contribution in [-0.2, 0) is 4.79 Å². The van der Waals surface area contributed by atoms with Crippen LogP contribution >= 0.6 is 0 Å². The van der Waals surface area contributed by atoms with Crippen molar-refractivity contribution in [1.82, 2.24) is 10.2 Å². The molecule has 1 unspecified atom stereocenters. The van der Waals surface area contributed by atoms with E-state index >= 15 is 0 Å². The Morgan fingerprint density at radius 1 is 1.39 bits per heavy atom. The first-order chi connectivity index (χ1) is 11.1. The molecule has 6 heteroatoms. The normalized spacial score (nSPS) is 17.7. The average Bonchev–Trinajstić information content (AvgIpc) is 2.55. The highest BCUT2D eigenvalue weighted by Gasteiger charge is 2.25. The second-order valence-corrected chi connectivity index (χ2v) is 5.89. The third-order valence-corrected chi connectivity index (χ3v) is 4.03. The van der Waals surface area contributed by atoms with Crippen LogP contribution in [0, 0.1) is 11.7 Å². The lowest BCUT2D eigenvalue weighted by Gasteiger charge is -2.32. The number of hydrogen-bond acceptors (Lipinski definition) is 4. The van der Waals surface area contributed by atoms with Gasteiger partial charge in [-0.15, -0.1) is 0 Å². The molecule has 1 aliphatic rings. The van der Waals surface area contributed by atoms with Crippen LogP contribution in [0.3, 0.4) is 0 Å². The summed E-state index contributed by atoms with van der Waals surface area (Å²) in [6, 6.07) is 5.74. The van der Waals surface area contributed by atoms with Gasteiger partial charge in [0.15, 0.2) is 0 Å². The van der Waals surface area contributed by atoms with Gasteiger partial charge in [-0.3, -0.25) is 4.79 Å². The van der Waals surface area contributed by atoms with Gasteiger partial charge < -0.3 is 20.1 Å². The first kappa shape index (κ1) is 17.7. The minimum absolute atomic E-state index is 0.0822. The lowest BCUT2D eigenvalue weighted by Crippen LogP contribution is -2.44. The van der Waals surface area contributed by atoms with Crippen molar-refractivity contribution in [2.45, 2.75) is 25.9 Å². The second-order valence-electron chi connectivity index (χ2n) is 5.89. The summed E-state index contributed by atoms with van der Waals surface area (Å²) in [5.41, 5.74) is 0. The Kier molecular flexibility index (Phi) is 6.80. The molecule has 1 aliphatic heterocycles. The predicted octanol–water partition coefficient (Wildman–Crippen LogP) is 1.41. The third kappa shape index (κ3) is 5.80. The molecule has 0 bridgehead atoms. The molecular weight excluding hydrogens is 299 g/mol. The molecule has 1 saturated heterocycles. The number of amides is 1. The Hall–Kier alpha value is -1.66. The summed E-state index contributed by atoms with van der Waals surface area (Å²) in [5, 5.41) is 12.9. The lowest BCUT2D eigenvalue weighted by atomic mass is 9.96. The summed E-state index contributed by atoms with van der Waals surface area (Å²) in [7, 11) is 0. The number of piperidine rings is 1. The summed E-state index contributed by atoms with van der Waals surface area (Å²) >= 11 is 0. The Balaban J connectivity index is 1.67. The Morgan fingerprint density at radius 3 is 2.65 bits per heavy atom. The molecule has 0 aromatic heterocycles. The zero-order valence-electron chi connectivity index (χ0n) is 13.5. The number of aliphatic hydroxyl groups is 1. The van der Waals surface area contributed by atoms with Crippen molar-refractivity contribution in [2.75, 3.05) is 32.8 Å². The summed E-state index contributed by atoms with van der Waals surface area (Å²) in [6.07, 6.45) is 1.02. The predicted molar refractivity (Wildman–Crippen MR) is 85.7 cm³/mol. The third-order valence-electron chi connectivity index (χ3n) is 4.03. The molecule has 0 radical (unpaired) electrons. The van der Waals surface area contributed by atoms with Crippen LogP contribution in [0.4, 0.5) is 4.39 Å². The number of ether oxygens (including phenoxy) is 1. The van der Waals surface area contributed by atoms with Gasteiger partial charge in [-0.2, -0.15) is 0 Å². The number of aliphatic hydroxyl groups excluding tert-OH is 1. The van der Waals surface area contributed by atoms with Crippen molar-refractivity contribution in [3.8, 4) is 5.75 Å². The number of benzene rings is 1. The van der Waals surface area contributed by atoms with Gasteiger partial charge in [-0.25, -0.2) is 4.39 Å². The van der Waals surface area contributed by atoms with Gasteiger partial charge in [0.05, 0.1) is 0 Å². The molecule has 0 saturated carbocycles. The zero-order valence-corrected chi connectivity index (χ0v) is 13.5. The fourth-order valence-electron chi connectivity index (χ4n) is 2.77. The zero-order chi connectivity index (χ0) is 16.7. The maximum atomic E-state index is 12.8. The molecule has 0 aliphatic carbocycles. The van der Waals surface area contributed by atoms with E-state index in [0.29, 0.717) is 18.8 Å². The van der Waals surface area contributed by atoms with Crippen LogP contribution in [0.2, 0.25) is 0 Å². The van der Waals surface area contributed by atoms with Crippen molar-refractivity contribution in [1.29, 1.82) is 0 Å². The van der Waals surface area contributed by atoms with Crippen LogP contribution in [0.25, 0.3) is 0 Å². The van der Waals surface area contributed by atoms with Crippen LogP contribution in [0.5, 0.6) is 5.75 Å². The highest BCUT2D eigenvalue weighted by Crippen LogP contribution is 2.18. The van der Waals surface area contributed by atoms with Crippen LogP contribution in [0.15, 0.2) is 24.3 Å². The highest BCUT2D eigenvalue weighted by molar-refractivity contribution is 5.78. The van der Waals surface area contributed by atoms with Gasteiger partial charge in [-0.05, 0) is 57.1 Å². The summed E-state index contributed by atoms with van der Waals surface area (Å²) in [4.78, 5) is 13.9. The van der Waals surface area contributed by atoms with Gasteiger partial charge >= 0.3 is 0 Å². The Bertz CT molecular complexity index is 487. The van der Waals surface area contributed by atoms with Crippen molar-refractivity contribution in [3.05, 3.63) is 30.1 Å². The number of nitrogens with one attached hydrogen (secondary N) is 1. The molecular formula is C17H25FN2O3. The maximum absolute atomic E-state index is 12.8. The number of likely N-dealkylation sites (tertiary alicyclic amines) is 1. The van der Waals surface area contributed by atoms with Crippen molar-refractivity contribution < 1.29 is 19.0 Å². The molecule has 1 fully saturated rings. The topological polar surface area (TPSA) is 61.8 Å². The van der Waals surface area contributed by atoms with E-state index in [1.165, 1.54) is 12.1 Å². The SMILES string of the molecule is CCNC(=O)C1CCN(CC(O)COc2ccc(F)cc2)CC1. The number of rotatable bonds is 7. The van der Waals surface area contributed by atoms with Gasteiger partial charge in [0, 0.05) is 19.0 Å². The highest BCUT2D eigenvalue weighted by atomic mass is 19.1. The molecule has 0 spiro atoms. The minimum atomic E-state index is -0.610. The van der Waals surface area contributed by atoms with Gasteiger partial charge in [-0.1, -0.05) is 0 Å². The quantitative estimate of drug-likeness (QED) is 0.796. The van der Waals surface area contributed by atoms with Gasteiger partial charge in [0.1, 0.15) is 24.3 Å². The molecule has 1 amide bonds. The smallest absolute Gasteiger partial charge is 0.223 e. The number of carbonyl (C=O) groups excluding carboxylic acids is 1. The number of halogens is 1. The monoisotopic (exact) mass is 324 g/mol. The van der Waals surface area contributed by atoms with Crippen molar-refractivity contribution in [2.24, 2.45) is 5.92 Å². The molecule has 128 valence electrons. The Labute approximate surface area is 136 Å². The first-order valence-corrected chi connectivity index (χ1v) is 8.15. The van der Waals surface area contributed by atoms with Crippen LogP contribution in [0.1, 0.15) is 19.8 Å². The largest absolute Gasteiger partial charge is 0.491 e. The molecule has 1 atom stereocenters. The van der Waals surface area contributed by atoms with E-state index in [1.807, 2.05) is 6.92 Å². The summed E-state index contributed by atoms with van der Waals surface area (Å²) < 4.78 is 18.2. The van der Waals surface area contributed by atoms with E-state index in [1.54, 1.807) is 12.1 Å². The van der Waals surface area contributed by atoms with E-state index in [0.717, 1.165) is 25.9 Å². The Morgan fingerprint density at radius 2 is 2.04 bits per heavy atom. The van der Waals surface area contributed by atoms with E-state index in [4.69, 9.17) is 4.74 Å². The number of hydrogen-bond donors (Lipinski definition) is 2. The van der Waals surface area contributed by atoms with Crippen LogP contribution in [-0.4, -0.2) is 54.8 Å². The van der Waals surface area contributed by atoms with Crippen molar-refractivity contribution >= 4 is 5.91 Å². The molecule has 2 N–H and O–H groups in total. The van der Waals surface area contributed by atoms with Crippen molar-refractivity contribution in [3.63, 3.8) is 0 Å². The molecule has 23 heavy (non-hydrogen) atoms. The lowest BCUT2D eigenvalue weighted by molar-refractivity contribution is -0.126. The molecule has 2 rings (SSSR count). The van der Waals surface area contributed by atoms with E-state index in [9.17, 15) is 14.3 Å². The van der Waals surface area contributed by atoms with Gasteiger partial charge in [0.25, 0.3) is 0 Å². The van der Waals surface area contributed by atoms with Crippen LogP contribution < -0.4 is 10.1 Å². The van der Waals surface area contributed by atoms with E-state index < -0.39 is 6.10 Å². The maximum Gasteiger partial charge on any atom is 0.223 e. The van der Waals surface area contributed by atoms with E-state index in [-0.39, 0.29) is 24.2 Å². The summed E-state index contributed by atoms with van der Waals surface area (Å²) in [6.45, 7) is 4.87. The number of nitrogens with zero attached hydrogens (tertiary/aromatic N) is 1. The first-order valence-electron chi connectivity index (χ1n) is 8.15. The average molecular weight is 324 g/mol. The fraction of sp³-hybridized carbons (Fsp3) is 0.588. The fourth-order valence-corrected chi connectivity index (χ4v) is 2.77.